The molecule has 0 bridgehead atoms. The zero-order valence-corrected chi connectivity index (χ0v) is 17.2. The third-order valence-corrected chi connectivity index (χ3v) is 4.93. The van der Waals surface area contributed by atoms with Crippen molar-refractivity contribution in [2.45, 2.75) is 6.92 Å². The minimum atomic E-state index is -2.69. The molecule has 0 aliphatic rings. The molecule has 0 unspecified atom stereocenters. The number of nitrogens with zero attached hydrogens (tertiary/aromatic N) is 4. The van der Waals surface area contributed by atoms with Gasteiger partial charge in [0.2, 0.25) is 5.95 Å². The third-order valence-electron chi connectivity index (χ3n) is 4.93. The van der Waals surface area contributed by atoms with Gasteiger partial charge in [-0.3, -0.25) is 9.59 Å². The van der Waals surface area contributed by atoms with Gasteiger partial charge >= 0.3 is 0 Å². The van der Waals surface area contributed by atoms with Crippen molar-refractivity contribution in [3.8, 4) is 0 Å². The zero-order chi connectivity index (χ0) is 24.6. The van der Waals surface area contributed by atoms with E-state index in [0.717, 1.165) is 11.3 Å². The fourth-order valence-corrected chi connectivity index (χ4v) is 3.25. The summed E-state index contributed by atoms with van der Waals surface area (Å²) < 4.78 is 25.3. The SMILES string of the molecule is [2H]C([2H])([2H])NC(=O)c1cnc(Nc2ccc(C)cc2)nc1Nc1cn(C)c2ccn(C)c(=O)c12. The average molecular weight is 420 g/mol. The number of aromatic nitrogens is 4. The Hall–Kier alpha value is -4.14. The number of carbonyl (C=O) groups is 1. The van der Waals surface area contributed by atoms with Crippen LogP contribution in [0.1, 0.15) is 20.0 Å². The summed E-state index contributed by atoms with van der Waals surface area (Å²) in [6.45, 7) is -0.725. The highest BCUT2D eigenvalue weighted by Gasteiger charge is 2.18. The van der Waals surface area contributed by atoms with Crippen LogP contribution in [0.3, 0.4) is 0 Å². The predicted molar refractivity (Wildman–Crippen MR) is 121 cm³/mol. The number of fused-ring (bicyclic) bond motifs is 1. The number of hydrogen-bond acceptors (Lipinski definition) is 6. The number of hydrogen-bond donors (Lipinski definition) is 3. The molecule has 1 aromatic carbocycles. The molecular weight excluding hydrogens is 394 g/mol. The number of amides is 1. The maximum absolute atomic E-state index is 12.8. The van der Waals surface area contributed by atoms with E-state index in [4.69, 9.17) is 4.11 Å². The number of benzene rings is 1. The van der Waals surface area contributed by atoms with Crippen LogP contribution < -0.4 is 21.5 Å². The van der Waals surface area contributed by atoms with Gasteiger partial charge in [-0.1, -0.05) is 17.7 Å². The molecule has 0 atom stereocenters. The highest BCUT2D eigenvalue weighted by molar-refractivity contribution is 6.01. The number of nitrogens with one attached hydrogen (secondary N) is 3. The van der Waals surface area contributed by atoms with E-state index in [1.807, 2.05) is 36.5 Å². The van der Waals surface area contributed by atoms with Crippen LogP contribution in [0.25, 0.3) is 10.9 Å². The van der Waals surface area contributed by atoms with E-state index in [0.29, 0.717) is 16.6 Å². The van der Waals surface area contributed by atoms with Gasteiger partial charge in [0.05, 0.1) is 16.6 Å². The first-order valence-electron chi connectivity index (χ1n) is 11.0. The summed E-state index contributed by atoms with van der Waals surface area (Å²) in [7, 11) is 3.43. The minimum Gasteiger partial charge on any atom is -0.355 e. The average Bonchev–Trinajstić information content (AvgIpc) is 3.07. The number of pyridine rings is 1. The summed E-state index contributed by atoms with van der Waals surface area (Å²) in [6, 6.07) is 9.36. The summed E-state index contributed by atoms with van der Waals surface area (Å²) in [5.41, 5.74) is 2.60. The summed E-state index contributed by atoms with van der Waals surface area (Å²) in [5, 5.41) is 8.45. The van der Waals surface area contributed by atoms with Gasteiger partial charge in [-0.05, 0) is 25.1 Å². The van der Waals surface area contributed by atoms with Crippen molar-refractivity contribution in [1.82, 2.24) is 24.4 Å². The highest BCUT2D eigenvalue weighted by Crippen LogP contribution is 2.27. The van der Waals surface area contributed by atoms with Crippen LogP contribution in [0.2, 0.25) is 0 Å². The van der Waals surface area contributed by atoms with Crippen molar-refractivity contribution in [1.29, 1.82) is 0 Å². The second-order valence-corrected chi connectivity index (χ2v) is 7.17. The van der Waals surface area contributed by atoms with E-state index in [1.54, 1.807) is 37.1 Å². The van der Waals surface area contributed by atoms with E-state index >= 15 is 0 Å². The lowest BCUT2D eigenvalue weighted by Gasteiger charge is -2.12. The lowest BCUT2D eigenvalue weighted by molar-refractivity contribution is 0.0963. The normalized spacial score (nSPS) is 12.7. The molecule has 0 fully saturated rings. The lowest BCUT2D eigenvalue weighted by Crippen LogP contribution is -2.21. The van der Waals surface area contributed by atoms with Crippen LogP contribution in [0.4, 0.5) is 23.1 Å². The Morgan fingerprint density at radius 1 is 1.10 bits per heavy atom. The maximum Gasteiger partial charge on any atom is 0.261 e. The standard InChI is InChI=1S/C22H23N7O2/c1-13-5-7-14(8-6-13)25-22-24-11-15(20(30)23-2)19(27-22)26-16-12-29(4)17-9-10-28(3)21(31)18(16)17/h5-12H,1-4H3,(H,23,30)(H2,24,25,26,27)/i2D3. The number of anilines is 4. The first-order valence-corrected chi connectivity index (χ1v) is 9.47. The second-order valence-electron chi connectivity index (χ2n) is 7.17. The maximum atomic E-state index is 12.8. The van der Waals surface area contributed by atoms with Crippen molar-refractivity contribution in [2.75, 3.05) is 17.6 Å². The van der Waals surface area contributed by atoms with Crippen LogP contribution in [0.15, 0.2) is 53.7 Å². The molecule has 0 aliphatic heterocycles. The first kappa shape index (κ1) is 16.6. The summed E-state index contributed by atoms with van der Waals surface area (Å²) in [5.74, 6) is -0.646. The van der Waals surface area contributed by atoms with Crippen molar-refractivity contribution in [3.05, 3.63) is 70.4 Å². The molecule has 0 aliphatic carbocycles. The molecule has 3 heterocycles. The molecule has 3 N–H and O–H groups in total. The van der Waals surface area contributed by atoms with Gasteiger partial charge in [-0.15, -0.1) is 0 Å². The molecule has 1 amide bonds. The lowest BCUT2D eigenvalue weighted by atomic mass is 10.2. The van der Waals surface area contributed by atoms with Crippen molar-refractivity contribution < 1.29 is 8.91 Å². The van der Waals surface area contributed by atoms with Gasteiger partial charge in [-0.25, -0.2) is 4.98 Å². The Bertz CT molecular complexity index is 1440. The zero-order valence-electron chi connectivity index (χ0n) is 20.2. The van der Waals surface area contributed by atoms with Gasteiger partial charge in [0.15, 0.2) is 0 Å². The largest absolute Gasteiger partial charge is 0.355 e. The molecule has 9 heteroatoms. The van der Waals surface area contributed by atoms with E-state index < -0.39 is 12.9 Å². The molecule has 0 spiro atoms. The monoisotopic (exact) mass is 420 g/mol. The van der Waals surface area contributed by atoms with Crippen LogP contribution in [-0.4, -0.2) is 32.0 Å². The van der Waals surface area contributed by atoms with Crippen LogP contribution >= 0.6 is 0 Å². The molecule has 158 valence electrons. The van der Waals surface area contributed by atoms with Gasteiger partial charge in [-0.2, -0.15) is 4.98 Å². The smallest absolute Gasteiger partial charge is 0.261 e. The van der Waals surface area contributed by atoms with Crippen LogP contribution in [0, 0.1) is 6.92 Å². The van der Waals surface area contributed by atoms with Crippen molar-refractivity contribution in [2.24, 2.45) is 14.1 Å². The molecule has 4 rings (SSSR count). The Morgan fingerprint density at radius 2 is 1.87 bits per heavy atom. The van der Waals surface area contributed by atoms with Gasteiger partial charge < -0.3 is 25.1 Å². The third kappa shape index (κ3) is 3.85. The number of aryl methyl sites for hydroxylation is 3. The highest BCUT2D eigenvalue weighted by atomic mass is 16.1. The Morgan fingerprint density at radius 3 is 2.61 bits per heavy atom. The Labute approximate surface area is 183 Å². The molecule has 31 heavy (non-hydrogen) atoms. The predicted octanol–water partition coefficient (Wildman–Crippen LogP) is 2.82. The fraction of sp³-hybridized carbons (Fsp3) is 0.182. The van der Waals surface area contributed by atoms with E-state index in [1.165, 1.54) is 10.8 Å². The molecule has 0 radical (unpaired) electrons. The molecule has 9 nitrogen and oxygen atoms in total. The summed E-state index contributed by atoms with van der Waals surface area (Å²) >= 11 is 0. The molecule has 3 aromatic heterocycles. The summed E-state index contributed by atoms with van der Waals surface area (Å²) in [4.78, 5) is 34.1. The van der Waals surface area contributed by atoms with Gasteiger partial charge in [0.1, 0.15) is 11.4 Å². The Balaban J connectivity index is 1.79. The van der Waals surface area contributed by atoms with E-state index in [2.05, 4.69) is 20.6 Å². The van der Waals surface area contributed by atoms with Crippen molar-refractivity contribution >= 4 is 40.0 Å². The van der Waals surface area contributed by atoms with Crippen LogP contribution in [-0.2, 0) is 14.1 Å². The van der Waals surface area contributed by atoms with Gasteiger partial charge in [0, 0.05) is 49.5 Å². The molecule has 4 aromatic rings. The van der Waals surface area contributed by atoms with Gasteiger partial charge in [0.25, 0.3) is 11.5 Å². The number of carbonyl (C=O) groups excluding carboxylic acids is 1. The fourth-order valence-electron chi connectivity index (χ4n) is 3.25. The molecular formula is C22H23N7O2. The summed E-state index contributed by atoms with van der Waals surface area (Å²) in [6.07, 6.45) is 4.60. The second kappa shape index (κ2) is 7.94. The van der Waals surface area contributed by atoms with E-state index in [9.17, 15) is 9.59 Å². The molecule has 0 saturated heterocycles. The van der Waals surface area contributed by atoms with Crippen LogP contribution in [0.5, 0.6) is 0 Å². The van der Waals surface area contributed by atoms with E-state index in [-0.39, 0.29) is 22.9 Å². The first-order chi connectivity index (χ1) is 16.0. The molecule has 0 saturated carbocycles. The quantitative estimate of drug-likeness (QED) is 0.458. The number of rotatable bonds is 5. The Kier molecular flexibility index (Phi) is 4.26. The minimum absolute atomic E-state index is 0.0461. The van der Waals surface area contributed by atoms with Crippen molar-refractivity contribution in [3.63, 3.8) is 0 Å². The topological polar surface area (TPSA) is 106 Å².